The number of benzene rings is 3. The first kappa shape index (κ1) is 28.9. The van der Waals surface area contributed by atoms with Gasteiger partial charge in [0.15, 0.2) is 5.82 Å². The highest BCUT2D eigenvalue weighted by Crippen LogP contribution is 2.35. The van der Waals surface area contributed by atoms with Gasteiger partial charge in [-0.1, -0.05) is 60.7 Å². The molecule has 2 aromatic heterocycles. The van der Waals surface area contributed by atoms with Gasteiger partial charge in [0.1, 0.15) is 17.3 Å². The van der Waals surface area contributed by atoms with Crippen molar-refractivity contribution in [2.24, 2.45) is 0 Å². The molecule has 0 aliphatic heterocycles. The van der Waals surface area contributed by atoms with Crippen molar-refractivity contribution in [3.05, 3.63) is 143 Å². The Morgan fingerprint density at radius 1 is 0.909 bits per heavy atom. The van der Waals surface area contributed by atoms with Crippen molar-refractivity contribution in [1.82, 2.24) is 25.1 Å². The second kappa shape index (κ2) is 13.4. The molecule has 0 unspecified atom stereocenters. The number of carbonyl (C=O) groups excluding carboxylic acids is 1. The van der Waals surface area contributed by atoms with Crippen LogP contribution >= 0.6 is 0 Å². The Morgan fingerprint density at radius 3 is 2.50 bits per heavy atom. The van der Waals surface area contributed by atoms with E-state index in [4.69, 9.17) is 19.7 Å². The van der Waals surface area contributed by atoms with Gasteiger partial charge in [-0.3, -0.25) is 9.78 Å². The molecule has 1 atom stereocenters. The van der Waals surface area contributed by atoms with Gasteiger partial charge in [0, 0.05) is 42.4 Å². The number of methoxy groups -OCH3 is 2. The van der Waals surface area contributed by atoms with Crippen LogP contribution in [0.3, 0.4) is 0 Å². The van der Waals surface area contributed by atoms with Gasteiger partial charge in [-0.2, -0.15) is 0 Å². The third kappa shape index (κ3) is 6.39. The Kier molecular flexibility index (Phi) is 8.77. The summed E-state index contributed by atoms with van der Waals surface area (Å²) in [5.41, 5.74) is 6.40. The number of nitrogens with zero attached hydrogens (tertiary/aromatic N) is 4. The minimum atomic E-state index is -0.435. The highest BCUT2D eigenvalue weighted by molar-refractivity contribution is 5.94. The highest BCUT2D eigenvalue weighted by Gasteiger charge is 2.27. The summed E-state index contributed by atoms with van der Waals surface area (Å²) in [6, 6.07) is 27.6. The van der Waals surface area contributed by atoms with Gasteiger partial charge in [-0.05, 0) is 59.4 Å². The molecule has 8 heteroatoms. The van der Waals surface area contributed by atoms with E-state index in [1.54, 1.807) is 38.7 Å². The summed E-state index contributed by atoms with van der Waals surface area (Å²) < 4.78 is 13.3. The average Bonchev–Trinajstić information content (AvgIpc) is 3.68. The van der Waals surface area contributed by atoms with E-state index in [9.17, 15) is 4.79 Å². The lowest BCUT2D eigenvalue weighted by atomic mass is 9.98. The largest absolute Gasteiger partial charge is 0.497 e. The highest BCUT2D eigenvalue weighted by atomic mass is 16.5. The van der Waals surface area contributed by atoms with Crippen molar-refractivity contribution in [3.63, 3.8) is 0 Å². The van der Waals surface area contributed by atoms with E-state index in [1.165, 1.54) is 22.3 Å². The SMILES string of the molecule is COc1ccc(Cn2c(CCc3ccccc3)nnc2[C@@H](CC2=CCc3ccccc32)NC(=O)c2ccncc2)c(OC)c1. The smallest absolute Gasteiger partial charge is 0.251 e. The van der Waals surface area contributed by atoms with Gasteiger partial charge >= 0.3 is 0 Å². The van der Waals surface area contributed by atoms with Crippen LogP contribution in [0.4, 0.5) is 0 Å². The first-order chi connectivity index (χ1) is 21.6. The van der Waals surface area contributed by atoms with Crippen molar-refractivity contribution in [2.75, 3.05) is 14.2 Å². The van der Waals surface area contributed by atoms with Gasteiger partial charge in [0.2, 0.25) is 0 Å². The number of carbonyl (C=O) groups is 1. The maximum Gasteiger partial charge on any atom is 0.251 e. The first-order valence-corrected chi connectivity index (χ1v) is 14.8. The standard InChI is InChI=1S/C36H35N5O3/c1-43-30-16-15-29(33(23-30)44-2)24-41-34(17-12-25-8-4-3-5-9-25)39-40-35(41)32(38-36(42)27-18-20-37-21-19-27)22-28-14-13-26-10-6-7-11-31(26)28/h3-11,14-16,18-21,23,32H,12-13,17,22,24H2,1-2H3,(H,38,42)/t32-/m1/s1. The van der Waals surface area contributed by atoms with Crippen LogP contribution in [-0.4, -0.2) is 39.9 Å². The lowest BCUT2D eigenvalue weighted by Gasteiger charge is -2.22. The number of hydrogen-bond acceptors (Lipinski definition) is 6. The number of pyridine rings is 1. The zero-order valence-corrected chi connectivity index (χ0v) is 24.9. The Balaban J connectivity index is 1.39. The lowest BCUT2D eigenvalue weighted by Crippen LogP contribution is -2.31. The molecule has 44 heavy (non-hydrogen) atoms. The van der Waals surface area contributed by atoms with E-state index in [1.807, 2.05) is 36.4 Å². The van der Waals surface area contributed by atoms with Crippen molar-refractivity contribution in [3.8, 4) is 11.5 Å². The van der Waals surface area contributed by atoms with Crippen molar-refractivity contribution >= 4 is 11.5 Å². The molecule has 222 valence electrons. The molecule has 6 rings (SSSR count). The number of rotatable bonds is 12. The summed E-state index contributed by atoms with van der Waals surface area (Å²) in [7, 11) is 3.30. The van der Waals surface area contributed by atoms with E-state index in [0.717, 1.165) is 24.2 Å². The molecule has 1 aliphatic rings. The van der Waals surface area contributed by atoms with E-state index in [-0.39, 0.29) is 5.91 Å². The third-order valence-corrected chi connectivity index (χ3v) is 8.07. The normalized spacial score (nSPS) is 12.7. The Labute approximate surface area is 257 Å². The number of allylic oxidation sites excluding steroid dienone is 1. The number of aromatic nitrogens is 4. The fraction of sp³-hybridized carbons (Fsp3) is 0.222. The fourth-order valence-electron chi connectivity index (χ4n) is 5.74. The summed E-state index contributed by atoms with van der Waals surface area (Å²) in [4.78, 5) is 17.6. The molecular formula is C36H35N5O3. The summed E-state index contributed by atoms with van der Waals surface area (Å²) in [6.45, 7) is 0.469. The van der Waals surface area contributed by atoms with Gasteiger partial charge in [-0.25, -0.2) is 0 Å². The predicted molar refractivity (Wildman–Crippen MR) is 170 cm³/mol. The number of aryl methyl sites for hydroxylation is 2. The minimum absolute atomic E-state index is 0.188. The molecule has 0 bridgehead atoms. The van der Waals surface area contributed by atoms with Crippen LogP contribution in [0.1, 0.15) is 56.7 Å². The molecule has 0 saturated heterocycles. The number of amides is 1. The van der Waals surface area contributed by atoms with E-state index >= 15 is 0 Å². The van der Waals surface area contributed by atoms with Crippen LogP contribution in [0.25, 0.3) is 5.57 Å². The molecule has 0 radical (unpaired) electrons. The average molecular weight is 586 g/mol. The molecule has 0 saturated carbocycles. The van der Waals surface area contributed by atoms with Crippen LogP contribution < -0.4 is 14.8 Å². The van der Waals surface area contributed by atoms with Crippen molar-refractivity contribution < 1.29 is 14.3 Å². The van der Waals surface area contributed by atoms with E-state index in [2.05, 4.69) is 57.3 Å². The fourth-order valence-corrected chi connectivity index (χ4v) is 5.74. The van der Waals surface area contributed by atoms with E-state index < -0.39 is 6.04 Å². The van der Waals surface area contributed by atoms with Crippen molar-refractivity contribution in [2.45, 2.75) is 38.3 Å². The van der Waals surface area contributed by atoms with Gasteiger partial charge in [-0.15, -0.1) is 10.2 Å². The molecule has 1 aliphatic carbocycles. The molecule has 3 aromatic carbocycles. The Morgan fingerprint density at radius 2 is 1.70 bits per heavy atom. The zero-order chi connectivity index (χ0) is 30.3. The maximum atomic E-state index is 13.6. The molecule has 8 nitrogen and oxygen atoms in total. The summed E-state index contributed by atoms with van der Waals surface area (Å²) in [6.07, 6.45) is 8.44. The Bertz CT molecular complexity index is 1770. The molecular weight excluding hydrogens is 550 g/mol. The number of ether oxygens (including phenoxy) is 2. The monoisotopic (exact) mass is 585 g/mol. The van der Waals surface area contributed by atoms with Gasteiger partial charge in [0.05, 0.1) is 26.8 Å². The number of hydrogen-bond donors (Lipinski definition) is 1. The minimum Gasteiger partial charge on any atom is -0.497 e. The summed E-state index contributed by atoms with van der Waals surface area (Å²) in [5, 5.41) is 12.7. The molecule has 2 heterocycles. The van der Waals surface area contributed by atoms with Crippen LogP contribution in [0.15, 0.2) is 103 Å². The second-order valence-corrected chi connectivity index (χ2v) is 10.8. The van der Waals surface area contributed by atoms with Crippen LogP contribution in [0, 0.1) is 0 Å². The molecule has 1 amide bonds. The van der Waals surface area contributed by atoms with Crippen LogP contribution in [0.2, 0.25) is 0 Å². The second-order valence-electron chi connectivity index (χ2n) is 10.8. The molecule has 5 aromatic rings. The first-order valence-electron chi connectivity index (χ1n) is 14.8. The topological polar surface area (TPSA) is 91.2 Å². The van der Waals surface area contributed by atoms with Gasteiger partial charge < -0.3 is 19.4 Å². The predicted octanol–water partition coefficient (Wildman–Crippen LogP) is 6.02. The van der Waals surface area contributed by atoms with Gasteiger partial charge in [0.25, 0.3) is 5.91 Å². The maximum absolute atomic E-state index is 13.6. The van der Waals surface area contributed by atoms with Crippen molar-refractivity contribution in [1.29, 1.82) is 0 Å². The zero-order valence-electron chi connectivity index (χ0n) is 24.9. The lowest BCUT2D eigenvalue weighted by molar-refractivity contribution is 0.0934. The summed E-state index contributed by atoms with van der Waals surface area (Å²) >= 11 is 0. The van der Waals surface area contributed by atoms with Crippen LogP contribution in [-0.2, 0) is 25.8 Å². The molecule has 0 spiro atoms. The van der Waals surface area contributed by atoms with E-state index in [0.29, 0.717) is 42.3 Å². The summed E-state index contributed by atoms with van der Waals surface area (Å²) in [5.74, 6) is 2.77. The number of fused-ring (bicyclic) bond motifs is 1. The Hall–Kier alpha value is -5.24. The quantitative estimate of drug-likeness (QED) is 0.192. The molecule has 0 fully saturated rings. The number of nitrogens with one attached hydrogen (secondary N) is 1. The van der Waals surface area contributed by atoms with Crippen LogP contribution in [0.5, 0.6) is 11.5 Å². The third-order valence-electron chi connectivity index (χ3n) is 8.07. The molecule has 1 N–H and O–H groups in total.